The third-order valence-electron chi connectivity index (χ3n) is 3.78. The van der Waals surface area contributed by atoms with Gasteiger partial charge in [-0.2, -0.15) is 0 Å². The van der Waals surface area contributed by atoms with Crippen LogP contribution in [0.5, 0.6) is 5.75 Å². The molecule has 0 atom stereocenters. The number of nitro benzene ring substituents is 1. The van der Waals surface area contributed by atoms with E-state index in [-0.39, 0.29) is 11.3 Å². The summed E-state index contributed by atoms with van der Waals surface area (Å²) in [6.07, 6.45) is 0.920. The SMILES string of the molecule is CC(C)CCOc1ccc(C(=O)NNC(=O)c2ccc([N+](=O)[O-])cc2)cc1Br. The van der Waals surface area contributed by atoms with Crippen molar-refractivity contribution < 1.29 is 19.2 Å². The van der Waals surface area contributed by atoms with Gasteiger partial charge in [-0.25, -0.2) is 0 Å². The molecule has 0 aliphatic carbocycles. The lowest BCUT2D eigenvalue weighted by Crippen LogP contribution is -2.41. The van der Waals surface area contributed by atoms with Crippen molar-refractivity contribution in [3.05, 3.63) is 68.2 Å². The van der Waals surface area contributed by atoms with Crippen LogP contribution in [-0.2, 0) is 0 Å². The van der Waals surface area contributed by atoms with Crippen molar-refractivity contribution in [1.82, 2.24) is 10.9 Å². The number of hydrogen-bond donors (Lipinski definition) is 2. The fourth-order valence-corrected chi connectivity index (χ4v) is 2.65. The van der Waals surface area contributed by atoms with E-state index in [1.54, 1.807) is 18.2 Å². The highest BCUT2D eigenvalue weighted by atomic mass is 79.9. The Kier molecular flexibility index (Phi) is 7.51. The number of benzene rings is 2. The van der Waals surface area contributed by atoms with Crippen molar-refractivity contribution in [3.8, 4) is 5.75 Å². The maximum Gasteiger partial charge on any atom is 0.269 e. The molecule has 0 aliphatic rings. The lowest BCUT2D eigenvalue weighted by molar-refractivity contribution is -0.384. The van der Waals surface area contributed by atoms with E-state index in [0.29, 0.717) is 28.3 Å². The van der Waals surface area contributed by atoms with Gasteiger partial charge in [-0.15, -0.1) is 0 Å². The molecule has 0 saturated heterocycles. The number of rotatable bonds is 7. The normalized spacial score (nSPS) is 10.4. The highest BCUT2D eigenvalue weighted by molar-refractivity contribution is 9.10. The minimum atomic E-state index is -0.587. The molecule has 2 aromatic rings. The van der Waals surface area contributed by atoms with Crippen LogP contribution in [0, 0.1) is 16.0 Å². The Morgan fingerprint density at radius 1 is 1.07 bits per heavy atom. The number of nitrogens with zero attached hydrogens (tertiary/aromatic N) is 1. The van der Waals surface area contributed by atoms with E-state index < -0.39 is 16.7 Å². The predicted molar refractivity (Wildman–Crippen MR) is 107 cm³/mol. The van der Waals surface area contributed by atoms with Gasteiger partial charge in [0.05, 0.1) is 16.0 Å². The second kappa shape index (κ2) is 9.84. The molecule has 0 saturated carbocycles. The van der Waals surface area contributed by atoms with Crippen molar-refractivity contribution in [1.29, 1.82) is 0 Å². The summed E-state index contributed by atoms with van der Waals surface area (Å²) in [6, 6.07) is 9.90. The van der Waals surface area contributed by atoms with Crippen LogP contribution in [0.4, 0.5) is 5.69 Å². The molecule has 2 amide bonds. The number of nitrogens with one attached hydrogen (secondary N) is 2. The molecule has 0 fully saturated rings. The maximum absolute atomic E-state index is 12.2. The number of non-ortho nitro benzene ring substituents is 1. The van der Waals surface area contributed by atoms with Crippen LogP contribution in [0.3, 0.4) is 0 Å². The first-order valence-electron chi connectivity index (χ1n) is 8.55. The molecule has 0 unspecified atom stereocenters. The molecule has 9 heteroatoms. The van der Waals surface area contributed by atoms with Crippen LogP contribution in [0.15, 0.2) is 46.9 Å². The Morgan fingerprint density at radius 3 is 2.18 bits per heavy atom. The van der Waals surface area contributed by atoms with E-state index in [9.17, 15) is 19.7 Å². The Bertz CT molecular complexity index is 868. The van der Waals surface area contributed by atoms with Gasteiger partial charge >= 0.3 is 0 Å². The zero-order valence-corrected chi connectivity index (χ0v) is 17.0. The summed E-state index contributed by atoms with van der Waals surface area (Å²) in [5, 5.41) is 10.6. The van der Waals surface area contributed by atoms with Gasteiger partial charge < -0.3 is 4.74 Å². The van der Waals surface area contributed by atoms with Crippen LogP contribution >= 0.6 is 15.9 Å². The Labute approximate surface area is 170 Å². The summed E-state index contributed by atoms with van der Waals surface area (Å²) in [5.41, 5.74) is 4.96. The lowest BCUT2D eigenvalue weighted by Gasteiger charge is -2.11. The van der Waals surface area contributed by atoms with Crippen LogP contribution in [0.25, 0.3) is 0 Å². The molecule has 0 heterocycles. The molecule has 0 bridgehead atoms. The Hall–Kier alpha value is -2.94. The highest BCUT2D eigenvalue weighted by Crippen LogP contribution is 2.26. The summed E-state index contributed by atoms with van der Waals surface area (Å²) >= 11 is 3.37. The monoisotopic (exact) mass is 449 g/mol. The minimum absolute atomic E-state index is 0.124. The second-order valence-corrected chi connectivity index (χ2v) is 7.24. The molecule has 2 rings (SSSR count). The maximum atomic E-state index is 12.2. The van der Waals surface area contributed by atoms with Gasteiger partial charge in [0, 0.05) is 23.3 Å². The average Bonchev–Trinajstić information content (AvgIpc) is 2.66. The summed E-state index contributed by atoms with van der Waals surface area (Å²) in [4.78, 5) is 34.3. The first kappa shape index (κ1) is 21.4. The smallest absolute Gasteiger partial charge is 0.269 e. The Balaban J connectivity index is 1.92. The highest BCUT2D eigenvalue weighted by Gasteiger charge is 2.13. The van der Waals surface area contributed by atoms with Crippen LogP contribution < -0.4 is 15.6 Å². The number of nitro groups is 1. The quantitative estimate of drug-likeness (QED) is 0.492. The zero-order valence-electron chi connectivity index (χ0n) is 15.4. The average molecular weight is 450 g/mol. The number of ether oxygens (including phenoxy) is 1. The van der Waals surface area contributed by atoms with Crippen LogP contribution in [-0.4, -0.2) is 23.3 Å². The van der Waals surface area contributed by atoms with Gasteiger partial charge in [0.2, 0.25) is 0 Å². The molecule has 8 nitrogen and oxygen atoms in total. The van der Waals surface area contributed by atoms with Crippen LogP contribution in [0.2, 0.25) is 0 Å². The molecule has 0 spiro atoms. The van der Waals surface area contributed by atoms with Gasteiger partial charge in [0.25, 0.3) is 17.5 Å². The largest absolute Gasteiger partial charge is 0.492 e. The molecule has 0 aliphatic heterocycles. The zero-order chi connectivity index (χ0) is 20.7. The third kappa shape index (κ3) is 6.05. The van der Waals surface area contributed by atoms with Crippen molar-refractivity contribution in [2.24, 2.45) is 5.92 Å². The van der Waals surface area contributed by atoms with Gasteiger partial charge in [-0.1, -0.05) is 13.8 Å². The van der Waals surface area contributed by atoms with E-state index in [1.807, 2.05) is 0 Å². The molecule has 28 heavy (non-hydrogen) atoms. The van der Waals surface area contributed by atoms with E-state index in [2.05, 4.69) is 40.6 Å². The van der Waals surface area contributed by atoms with Gasteiger partial charge in [-0.05, 0) is 58.6 Å². The summed E-state index contributed by atoms with van der Waals surface area (Å²) in [7, 11) is 0. The van der Waals surface area contributed by atoms with Gasteiger partial charge in [0.1, 0.15) is 5.75 Å². The fraction of sp³-hybridized carbons (Fsp3) is 0.263. The fourth-order valence-electron chi connectivity index (χ4n) is 2.16. The number of hydrazine groups is 1. The molecule has 0 aromatic heterocycles. The first-order valence-corrected chi connectivity index (χ1v) is 9.34. The van der Waals surface area contributed by atoms with Gasteiger partial charge in [0.15, 0.2) is 0 Å². The van der Waals surface area contributed by atoms with E-state index in [4.69, 9.17) is 4.74 Å². The predicted octanol–water partition coefficient (Wildman–Crippen LogP) is 3.86. The molecule has 2 aromatic carbocycles. The Morgan fingerprint density at radius 2 is 1.64 bits per heavy atom. The van der Waals surface area contributed by atoms with Crippen molar-refractivity contribution in [3.63, 3.8) is 0 Å². The van der Waals surface area contributed by atoms with Crippen molar-refractivity contribution in [2.75, 3.05) is 6.61 Å². The number of hydrogen-bond acceptors (Lipinski definition) is 5. The van der Waals surface area contributed by atoms with Crippen molar-refractivity contribution >= 4 is 33.4 Å². The lowest BCUT2D eigenvalue weighted by atomic mass is 10.1. The molecule has 148 valence electrons. The third-order valence-corrected chi connectivity index (χ3v) is 4.40. The topological polar surface area (TPSA) is 111 Å². The second-order valence-electron chi connectivity index (χ2n) is 6.39. The number of carbonyl (C=O) groups is 2. The van der Waals surface area contributed by atoms with E-state index in [0.717, 1.165) is 6.42 Å². The summed E-state index contributed by atoms with van der Waals surface area (Å²) in [6.45, 7) is 4.79. The number of halogens is 1. The van der Waals surface area contributed by atoms with E-state index >= 15 is 0 Å². The molecule has 2 N–H and O–H groups in total. The van der Waals surface area contributed by atoms with Crippen LogP contribution in [0.1, 0.15) is 41.0 Å². The number of carbonyl (C=O) groups excluding carboxylic acids is 2. The van der Waals surface area contributed by atoms with Crippen molar-refractivity contribution in [2.45, 2.75) is 20.3 Å². The molecular weight excluding hydrogens is 430 g/mol. The summed E-state index contributed by atoms with van der Waals surface area (Å²) < 4.78 is 6.30. The van der Waals surface area contributed by atoms with E-state index in [1.165, 1.54) is 24.3 Å². The minimum Gasteiger partial charge on any atom is -0.492 e. The molecular formula is C19H20BrN3O5. The molecule has 0 radical (unpaired) electrons. The first-order chi connectivity index (χ1) is 13.3. The number of amides is 2. The standard InChI is InChI=1S/C19H20BrN3O5/c1-12(2)9-10-28-17-8-5-14(11-16(17)20)19(25)22-21-18(24)13-3-6-15(7-4-13)23(26)27/h3-8,11-12H,9-10H2,1-2H3,(H,21,24)(H,22,25). The van der Waals surface area contributed by atoms with Gasteiger partial charge in [-0.3, -0.25) is 30.6 Å². The summed E-state index contributed by atoms with van der Waals surface area (Å²) in [5.74, 6) is 0.0657.